The van der Waals surface area contributed by atoms with Crippen LogP contribution >= 0.6 is 0 Å². The Kier molecular flexibility index (Phi) is 3.52. The van der Waals surface area contributed by atoms with E-state index in [0.717, 1.165) is 6.42 Å². The maximum absolute atomic E-state index is 13.5. The van der Waals surface area contributed by atoms with Crippen LogP contribution in [0.4, 0.5) is 4.39 Å². The van der Waals surface area contributed by atoms with Gasteiger partial charge < -0.3 is 14.5 Å². The van der Waals surface area contributed by atoms with Crippen molar-refractivity contribution in [1.82, 2.24) is 10.3 Å². The topological polar surface area (TPSA) is 64.4 Å². The van der Waals surface area contributed by atoms with E-state index in [4.69, 9.17) is 9.15 Å². The fraction of sp³-hybridized carbons (Fsp3) is 0.412. The van der Waals surface area contributed by atoms with E-state index >= 15 is 0 Å². The van der Waals surface area contributed by atoms with Gasteiger partial charge in [0.05, 0.1) is 12.6 Å². The second-order valence-corrected chi connectivity index (χ2v) is 6.12. The summed E-state index contributed by atoms with van der Waals surface area (Å²) in [6.45, 7) is 0.481. The van der Waals surface area contributed by atoms with Crippen molar-refractivity contribution in [3.63, 3.8) is 0 Å². The van der Waals surface area contributed by atoms with Gasteiger partial charge in [-0.05, 0) is 37.0 Å². The SMILES string of the molecule is O=C(NC1CCOc2ccc(F)cc21)c1coc(CC2CC2)n1. The number of oxazole rings is 1. The van der Waals surface area contributed by atoms with Gasteiger partial charge in [0.1, 0.15) is 17.8 Å². The normalized spacial score (nSPS) is 19.8. The highest BCUT2D eigenvalue weighted by Crippen LogP contribution is 2.33. The maximum atomic E-state index is 13.5. The molecule has 0 radical (unpaired) electrons. The van der Waals surface area contributed by atoms with Crippen LogP contribution in [0, 0.1) is 11.7 Å². The Morgan fingerprint density at radius 1 is 1.35 bits per heavy atom. The molecule has 1 amide bonds. The summed E-state index contributed by atoms with van der Waals surface area (Å²) in [6, 6.07) is 4.06. The quantitative estimate of drug-likeness (QED) is 0.941. The molecule has 1 aromatic carbocycles. The maximum Gasteiger partial charge on any atom is 0.273 e. The van der Waals surface area contributed by atoms with Gasteiger partial charge >= 0.3 is 0 Å². The van der Waals surface area contributed by atoms with Crippen LogP contribution in [0.15, 0.2) is 28.9 Å². The number of nitrogens with zero attached hydrogens (tertiary/aromatic N) is 1. The largest absolute Gasteiger partial charge is 0.493 e. The second kappa shape index (κ2) is 5.68. The van der Waals surface area contributed by atoms with Gasteiger partial charge in [0.2, 0.25) is 0 Å². The number of carbonyl (C=O) groups is 1. The van der Waals surface area contributed by atoms with E-state index in [1.165, 1.54) is 31.2 Å². The predicted octanol–water partition coefficient (Wildman–Crippen LogP) is 3.02. The standard InChI is InChI=1S/C17H17FN2O3/c18-11-3-4-15-12(8-11)13(5-6-22-15)20-17(21)14-9-23-16(19-14)7-10-1-2-10/h3-4,8-10,13H,1-2,5-7H2,(H,20,21). The monoisotopic (exact) mass is 316 g/mol. The van der Waals surface area contributed by atoms with Crippen molar-refractivity contribution in [3.05, 3.63) is 47.4 Å². The summed E-state index contributed by atoms with van der Waals surface area (Å²) >= 11 is 0. The molecule has 2 aromatic rings. The molecule has 1 atom stereocenters. The molecule has 1 aliphatic heterocycles. The third-order valence-electron chi connectivity index (χ3n) is 4.26. The van der Waals surface area contributed by atoms with Gasteiger partial charge in [-0.3, -0.25) is 4.79 Å². The Bertz CT molecular complexity index is 739. The summed E-state index contributed by atoms with van der Waals surface area (Å²) in [5.41, 5.74) is 0.927. The van der Waals surface area contributed by atoms with Crippen LogP contribution < -0.4 is 10.1 Å². The first-order valence-corrected chi connectivity index (χ1v) is 7.86. The van der Waals surface area contributed by atoms with Crippen LogP contribution in [0.5, 0.6) is 5.75 Å². The Hall–Kier alpha value is -2.37. The Balaban J connectivity index is 1.48. The van der Waals surface area contributed by atoms with Crippen LogP contribution in [-0.2, 0) is 6.42 Å². The smallest absolute Gasteiger partial charge is 0.273 e. The van der Waals surface area contributed by atoms with Gasteiger partial charge in [0.15, 0.2) is 11.6 Å². The molecule has 5 nitrogen and oxygen atoms in total. The molecule has 1 saturated carbocycles. The van der Waals surface area contributed by atoms with Crippen LogP contribution in [-0.4, -0.2) is 17.5 Å². The van der Waals surface area contributed by atoms with Crippen molar-refractivity contribution in [3.8, 4) is 5.75 Å². The molecular formula is C17H17FN2O3. The molecule has 1 unspecified atom stereocenters. The molecule has 1 aliphatic carbocycles. The number of ether oxygens (including phenoxy) is 1. The van der Waals surface area contributed by atoms with E-state index in [2.05, 4.69) is 10.3 Å². The van der Waals surface area contributed by atoms with Gasteiger partial charge in [-0.15, -0.1) is 0 Å². The average Bonchev–Trinajstić information content (AvgIpc) is 3.22. The molecule has 23 heavy (non-hydrogen) atoms. The van der Waals surface area contributed by atoms with Gasteiger partial charge in [0.25, 0.3) is 5.91 Å². The molecule has 0 saturated heterocycles. The summed E-state index contributed by atoms with van der Waals surface area (Å²) in [6.07, 6.45) is 5.18. The summed E-state index contributed by atoms with van der Waals surface area (Å²) in [4.78, 5) is 16.6. The Labute approximate surface area is 132 Å². The predicted molar refractivity (Wildman–Crippen MR) is 79.7 cm³/mol. The van der Waals surface area contributed by atoms with Crippen LogP contribution in [0.3, 0.4) is 0 Å². The summed E-state index contributed by atoms with van der Waals surface area (Å²) in [7, 11) is 0. The third kappa shape index (κ3) is 3.06. The molecule has 120 valence electrons. The second-order valence-electron chi connectivity index (χ2n) is 6.12. The fourth-order valence-corrected chi connectivity index (χ4v) is 2.83. The molecular weight excluding hydrogens is 299 g/mol. The lowest BCUT2D eigenvalue weighted by Gasteiger charge is -2.26. The third-order valence-corrected chi connectivity index (χ3v) is 4.26. The number of fused-ring (bicyclic) bond motifs is 1. The number of amides is 1. The van der Waals surface area contributed by atoms with E-state index in [9.17, 15) is 9.18 Å². The highest BCUT2D eigenvalue weighted by molar-refractivity contribution is 5.92. The van der Waals surface area contributed by atoms with E-state index in [-0.39, 0.29) is 23.5 Å². The van der Waals surface area contributed by atoms with Crippen molar-refractivity contribution in [1.29, 1.82) is 0 Å². The zero-order valence-electron chi connectivity index (χ0n) is 12.5. The molecule has 2 aliphatic rings. The highest BCUT2D eigenvalue weighted by Gasteiger charge is 2.27. The minimum atomic E-state index is -0.346. The van der Waals surface area contributed by atoms with Gasteiger partial charge in [-0.1, -0.05) is 0 Å². The summed E-state index contributed by atoms with van der Waals surface area (Å²) in [5, 5.41) is 2.89. The molecule has 1 N–H and O–H groups in total. The fourth-order valence-electron chi connectivity index (χ4n) is 2.83. The molecule has 0 bridgehead atoms. The van der Waals surface area contributed by atoms with Crippen LogP contribution in [0.1, 0.15) is 47.2 Å². The van der Waals surface area contributed by atoms with Crippen molar-refractivity contribution in [2.45, 2.75) is 31.7 Å². The molecule has 4 rings (SSSR count). The van der Waals surface area contributed by atoms with Crippen molar-refractivity contribution in [2.75, 3.05) is 6.61 Å². The van der Waals surface area contributed by atoms with Crippen molar-refractivity contribution < 1.29 is 18.3 Å². The van der Waals surface area contributed by atoms with Crippen molar-refractivity contribution >= 4 is 5.91 Å². The van der Waals surface area contributed by atoms with E-state index < -0.39 is 0 Å². The lowest BCUT2D eigenvalue weighted by molar-refractivity contribution is 0.0919. The number of rotatable bonds is 4. The molecule has 1 aromatic heterocycles. The zero-order valence-corrected chi connectivity index (χ0v) is 12.5. The lowest BCUT2D eigenvalue weighted by Crippen LogP contribution is -2.32. The first-order valence-electron chi connectivity index (χ1n) is 7.86. The summed E-state index contributed by atoms with van der Waals surface area (Å²) < 4.78 is 24.3. The van der Waals surface area contributed by atoms with Crippen molar-refractivity contribution in [2.24, 2.45) is 5.92 Å². The van der Waals surface area contributed by atoms with E-state index in [0.29, 0.717) is 36.1 Å². The molecule has 0 spiro atoms. The van der Waals surface area contributed by atoms with Gasteiger partial charge in [-0.2, -0.15) is 0 Å². The first-order chi connectivity index (χ1) is 11.2. The first kappa shape index (κ1) is 14.2. The lowest BCUT2D eigenvalue weighted by atomic mass is 10.0. The number of benzene rings is 1. The number of carbonyl (C=O) groups excluding carboxylic acids is 1. The highest BCUT2D eigenvalue weighted by atomic mass is 19.1. The van der Waals surface area contributed by atoms with Crippen LogP contribution in [0.2, 0.25) is 0 Å². The van der Waals surface area contributed by atoms with E-state index in [1.807, 2.05) is 0 Å². The minimum absolute atomic E-state index is 0.269. The molecule has 1 fully saturated rings. The number of nitrogens with one attached hydrogen (secondary N) is 1. The minimum Gasteiger partial charge on any atom is -0.493 e. The summed E-state index contributed by atoms with van der Waals surface area (Å²) in [5.74, 6) is 1.21. The number of hydrogen-bond donors (Lipinski definition) is 1. The zero-order chi connectivity index (χ0) is 15.8. The van der Waals surface area contributed by atoms with Crippen LogP contribution in [0.25, 0.3) is 0 Å². The number of halogens is 1. The van der Waals surface area contributed by atoms with Gasteiger partial charge in [0, 0.05) is 18.4 Å². The van der Waals surface area contributed by atoms with E-state index in [1.54, 1.807) is 6.07 Å². The number of aromatic nitrogens is 1. The Morgan fingerprint density at radius 3 is 3.04 bits per heavy atom. The molecule has 2 heterocycles. The number of hydrogen-bond acceptors (Lipinski definition) is 4. The average molecular weight is 316 g/mol. The Morgan fingerprint density at radius 2 is 2.22 bits per heavy atom. The van der Waals surface area contributed by atoms with Gasteiger partial charge in [-0.25, -0.2) is 9.37 Å². The molecule has 6 heteroatoms.